The zero-order chi connectivity index (χ0) is 16.2. The predicted molar refractivity (Wildman–Crippen MR) is 110 cm³/mol. The van der Waals surface area contributed by atoms with Crippen molar-refractivity contribution < 1.29 is 9.84 Å². The van der Waals surface area contributed by atoms with E-state index in [9.17, 15) is 5.11 Å². The summed E-state index contributed by atoms with van der Waals surface area (Å²) in [4.78, 5) is 6.91. The summed E-state index contributed by atoms with van der Waals surface area (Å²) in [6.07, 6.45) is 1.74. The minimum atomic E-state index is 0.276. The maximum absolute atomic E-state index is 10.2. The lowest BCUT2D eigenvalue weighted by Crippen LogP contribution is -2.36. The van der Waals surface area contributed by atoms with E-state index in [1.807, 2.05) is 30.3 Å². The van der Waals surface area contributed by atoms with E-state index in [1.165, 1.54) is 0 Å². The van der Waals surface area contributed by atoms with Crippen LogP contribution in [0.15, 0.2) is 41.4 Å². The van der Waals surface area contributed by atoms with Crippen LogP contribution in [0.3, 0.4) is 0 Å². The van der Waals surface area contributed by atoms with E-state index < -0.39 is 0 Å². The molecule has 120 valence electrons. The second-order valence-corrected chi connectivity index (χ2v) is 7.58. The van der Waals surface area contributed by atoms with Gasteiger partial charge in [0, 0.05) is 28.4 Å². The second-order valence-electron chi connectivity index (χ2n) is 5.17. The molecular weight excluding hydrogens is 518 g/mol. The summed E-state index contributed by atoms with van der Waals surface area (Å²) in [6, 6.07) is 12.0. The molecule has 0 atom stereocenters. The molecule has 0 saturated carbocycles. The van der Waals surface area contributed by atoms with Crippen LogP contribution in [0.5, 0.6) is 5.75 Å². The topological polar surface area (TPSA) is 45.1 Å². The van der Waals surface area contributed by atoms with Crippen molar-refractivity contribution in [2.75, 3.05) is 31.2 Å². The number of nitrogens with zero attached hydrogens (tertiary/aromatic N) is 2. The molecule has 6 heteroatoms. The van der Waals surface area contributed by atoms with Crippen molar-refractivity contribution in [3.05, 3.63) is 49.1 Å². The van der Waals surface area contributed by atoms with E-state index in [2.05, 4.69) is 61.1 Å². The monoisotopic (exact) mass is 534 g/mol. The Morgan fingerprint density at radius 3 is 2.65 bits per heavy atom. The van der Waals surface area contributed by atoms with Gasteiger partial charge < -0.3 is 14.7 Å². The number of hydrogen-bond acceptors (Lipinski definition) is 4. The fraction of sp³-hybridized carbons (Fsp3) is 0.235. The first-order valence-corrected chi connectivity index (χ1v) is 9.45. The lowest BCUT2D eigenvalue weighted by atomic mass is 10.2. The highest BCUT2D eigenvalue weighted by molar-refractivity contribution is 14.1. The van der Waals surface area contributed by atoms with Crippen molar-refractivity contribution in [3.63, 3.8) is 0 Å². The van der Waals surface area contributed by atoms with Crippen LogP contribution in [0, 0.1) is 7.14 Å². The summed E-state index contributed by atoms with van der Waals surface area (Å²) in [5.74, 6) is 0.276. The van der Waals surface area contributed by atoms with Gasteiger partial charge >= 0.3 is 0 Å². The van der Waals surface area contributed by atoms with E-state index in [4.69, 9.17) is 4.74 Å². The minimum Gasteiger partial charge on any atom is -0.506 e. The highest BCUT2D eigenvalue weighted by Gasteiger charge is 2.14. The van der Waals surface area contributed by atoms with Crippen molar-refractivity contribution >= 4 is 62.8 Å². The average molecular weight is 534 g/mol. The molecule has 1 fully saturated rings. The Hall–Kier alpha value is -0.870. The van der Waals surface area contributed by atoms with Gasteiger partial charge in [-0.15, -0.1) is 0 Å². The number of halogens is 2. The molecule has 0 bridgehead atoms. The van der Waals surface area contributed by atoms with E-state index >= 15 is 0 Å². The molecule has 2 aromatic rings. The van der Waals surface area contributed by atoms with Crippen LogP contribution >= 0.6 is 45.2 Å². The van der Waals surface area contributed by atoms with Crippen molar-refractivity contribution in [2.45, 2.75) is 0 Å². The Balaban J connectivity index is 1.91. The quantitative estimate of drug-likeness (QED) is 0.475. The number of phenols is 1. The van der Waals surface area contributed by atoms with Crippen LogP contribution in [0.2, 0.25) is 0 Å². The van der Waals surface area contributed by atoms with E-state index in [0.717, 1.165) is 50.4 Å². The van der Waals surface area contributed by atoms with Crippen LogP contribution in [0.1, 0.15) is 5.56 Å². The van der Waals surface area contributed by atoms with Crippen molar-refractivity contribution in [1.82, 2.24) is 0 Å². The zero-order valence-corrected chi connectivity index (χ0v) is 16.7. The molecule has 0 unspecified atom stereocenters. The largest absolute Gasteiger partial charge is 0.506 e. The number of morpholine rings is 1. The molecule has 0 radical (unpaired) electrons. The van der Waals surface area contributed by atoms with Crippen molar-refractivity contribution in [2.24, 2.45) is 4.99 Å². The van der Waals surface area contributed by atoms with Crippen LogP contribution < -0.4 is 4.90 Å². The number of ether oxygens (including phenoxy) is 1. The summed E-state index contributed by atoms with van der Waals surface area (Å²) in [5.41, 5.74) is 2.74. The smallest absolute Gasteiger partial charge is 0.137 e. The average Bonchev–Trinajstić information content (AvgIpc) is 2.58. The molecule has 4 nitrogen and oxygen atoms in total. The molecule has 0 spiro atoms. The maximum Gasteiger partial charge on any atom is 0.137 e. The van der Waals surface area contributed by atoms with Crippen LogP contribution in [-0.4, -0.2) is 37.6 Å². The first-order chi connectivity index (χ1) is 11.1. The highest BCUT2D eigenvalue weighted by atomic mass is 127. The number of hydrogen-bond donors (Lipinski definition) is 1. The number of para-hydroxylation sites is 2. The standard InChI is InChI=1S/C17H16I2N2O2/c18-13-9-12(17(22)14(19)10-13)11-20-15-3-1-2-4-16(15)21-5-7-23-8-6-21/h1-4,9-11,22H,5-8H2. The first-order valence-electron chi connectivity index (χ1n) is 7.29. The summed E-state index contributed by atoms with van der Waals surface area (Å²) in [7, 11) is 0. The normalized spacial score (nSPS) is 15.3. The van der Waals surface area contributed by atoms with E-state index in [-0.39, 0.29) is 5.75 Å². The molecular formula is C17H16I2N2O2. The third-order valence-electron chi connectivity index (χ3n) is 3.63. The lowest BCUT2D eigenvalue weighted by Gasteiger charge is -2.29. The number of aromatic hydroxyl groups is 1. The SMILES string of the molecule is Oc1c(I)cc(I)cc1C=Nc1ccccc1N1CCOCC1. The van der Waals surface area contributed by atoms with Gasteiger partial charge in [0.15, 0.2) is 0 Å². The van der Waals surface area contributed by atoms with Gasteiger partial charge in [-0.2, -0.15) is 0 Å². The maximum atomic E-state index is 10.2. The van der Waals surface area contributed by atoms with E-state index in [0.29, 0.717) is 0 Å². The Kier molecular flexibility index (Phi) is 5.76. The Bertz CT molecular complexity index is 729. The zero-order valence-electron chi connectivity index (χ0n) is 12.4. The molecule has 3 rings (SSSR count). The molecule has 1 aliphatic heterocycles. The van der Waals surface area contributed by atoms with Gasteiger partial charge in [-0.3, -0.25) is 4.99 Å². The summed E-state index contributed by atoms with van der Waals surface area (Å²) >= 11 is 4.38. The van der Waals surface area contributed by atoms with Crippen LogP contribution in [-0.2, 0) is 4.74 Å². The number of rotatable bonds is 3. The second kappa shape index (κ2) is 7.80. The molecule has 2 aromatic carbocycles. The fourth-order valence-corrected chi connectivity index (χ4v) is 4.36. The van der Waals surface area contributed by atoms with Crippen molar-refractivity contribution in [1.29, 1.82) is 0 Å². The molecule has 1 N–H and O–H groups in total. The number of anilines is 1. The molecule has 0 amide bonds. The van der Waals surface area contributed by atoms with Crippen molar-refractivity contribution in [3.8, 4) is 5.75 Å². The van der Waals surface area contributed by atoms with Crippen LogP contribution in [0.4, 0.5) is 11.4 Å². The van der Waals surface area contributed by atoms with Gasteiger partial charge in [-0.1, -0.05) is 12.1 Å². The Morgan fingerprint density at radius 1 is 1.13 bits per heavy atom. The summed E-state index contributed by atoms with van der Waals surface area (Å²) in [6.45, 7) is 3.24. The number of phenolic OH excluding ortho intramolecular Hbond substituents is 1. The predicted octanol–water partition coefficient (Wildman–Crippen LogP) is 4.19. The summed E-state index contributed by atoms with van der Waals surface area (Å²) in [5, 5.41) is 10.2. The highest BCUT2D eigenvalue weighted by Crippen LogP contribution is 2.30. The van der Waals surface area contributed by atoms with Gasteiger partial charge in [-0.05, 0) is 69.4 Å². The molecule has 1 saturated heterocycles. The number of aliphatic imine (C=N–C) groups is 1. The van der Waals surface area contributed by atoms with Gasteiger partial charge in [0.05, 0.1) is 28.2 Å². The molecule has 0 aromatic heterocycles. The van der Waals surface area contributed by atoms with Gasteiger partial charge in [0.25, 0.3) is 0 Å². The Labute approximate surface area is 162 Å². The molecule has 23 heavy (non-hydrogen) atoms. The third kappa shape index (κ3) is 4.16. The molecule has 1 heterocycles. The lowest BCUT2D eigenvalue weighted by molar-refractivity contribution is 0.123. The Morgan fingerprint density at radius 2 is 1.87 bits per heavy atom. The molecule has 1 aliphatic rings. The fourth-order valence-electron chi connectivity index (χ4n) is 2.47. The minimum absolute atomic E-state index is 0.276. The third-order valence-corrected chi connectivity index (χ3v) is 5.08. The molecule has 0 aliphatic carbocycles. The van der Waals surface area contributed by atoms with Gasteiger partial charge in [0.2, 0.25) is 0 Å². The summed E-state index contributed by atoms with van der Waals surface area (Å²) < 4.78 is 7.33. The van der Waals surface area contributed by atoms with Gasteiger partial charge in [0.1, 0.15) is 5.75 Å². The van der Waals surface area contributed by atoms with Gasteiger partial charge in [-0.25, -0.2) is 0 Å². The van der Waals surface area contributed by atoms with E-state index in [1.54, 1.807) is 6.21 Å². The first kappa shape index (κ1) is 17.0. The number of benzene rings is 2. The van der Waals surface area contributed by atoms with Crippen LogP contribution in [0.25, 0.3) is 0 Å².